The van der Waals surface area contributed by atoms with Gasteiger partial charge in [0, 0.05) is 38.2 Å². The van der Waals surface area contributed by atoms with Gasteiger partial charge >= 0.3 is 6.18 Å². The van der Waals surface area contributed by atoms with Crippen molar-refractivity contribution in [1.82, 2.24) is 14.9 Å². The van der Waals surface area contributed by atoms with Gasteiger partial charge in [-0.25, -0.2) is 9.97 Å². The zero-order chi connectivity index (χ0) is 16.6. The molecule has 2 aliphatic rings. The zero-order valence-corrected chi connectivity index (χ0v) is 12.9. The number of rotatable bonds is 2. The normalized spacial score (nSPS) is 19.7. The van der Waals surface area contributed by atoms with Gasteiger partial charge < -0.3 is 9.80 Å². The molecule has 1 aromatic rings. The second-order valence-electron chi connectivity index (χ2n) is 6.10. The highest BCUT2D eigenvalue weighted by Gasteiger charge is 2.35. The van der Waals surface area contributed by atoms with Gasteiger partial charge in [-0.1, -0.05) is 6.42 Å². The van der Waals surface area contributed by atoms with Crippen molar-refractivity contribution in [2.45, 2.75) is 32.4 Å². The van der Waals surface area contributed by atoms with Crippen LogP contribution in [0.25, 0.3) is 0 Å². The molecule has 0 bridgehead atoms. The van der Waals surface area contributed by atoms with E-state index in [0.29, 0.717) is 26.2 Å². The molecule has 126 valence electrons. The van der Waals surface area contributed by atoms with Crippen molar-refractivity contribution in [3.63, 3.8) is 0 Å². The minimum absolute atomic E-state index is 0.0998. The summed E-state index contributed by atoms with van der Waals surface area (Å²) in [6.45, 7) is 3.49. The zero-order valence-electron chi connectivity index (χ0n) is 12.9. The van der Waals surface area contributed by atoms with Crippen LogP contribution in [-0.4, -0.2) is 47.0 Å². The second-order valence-corrected chi connectivity index (χ2v) is 6.10. The Bertz CT molecular complexity index is 593. The topological polar surface area (TPSA) is 49.3 Å². The first-order chi connectivity index (χ1) is 10.8. The lowest BCUT2D eigenvalue weighted by molar-refractivity contribution is -0.141. The first-order valence-electron chi connectivity index (χ1n) is 7.81. The fraction of sp³-hybridized carbons (Fsp3) is 0.667. The maximum atomic E-state index is 12.9. The van der Waals surface area contributed by atoms with E-state index < -0.39 is 11.9 Å². The maximum absolute atomic E-state index is 12.9. The number of anilines is 1. The van der Waals surface area contributed by atoms with E-state index in [1.54, 1.807) is 4.90 Å². The third kappa shape index (κ3) is 3.40. The summed E-state index contributed by atoms with van der Waals surface area (Å²) < 4.78 is 38.6. The quantitative estimate of drug-likeness (QED) is 0.835. The van der Waals surface area contributed by atoms with Gasteiger partial charge in [0.25, 0.3) is 0 Å². The highest BCUT2D eigenvalue weighted by Crippen LogP contribution is 2.31. The van der Waals surface area contributed by atoms with E-state index in [2.05, 4.69) is 9.97 Å². The summed E-state index contributed by atoms with van der Waals surface area (Å²) in [5.74, 6) is 0.716. The van der Waals surface area contributed by atoms with Crippen LogP contribution in [0, 0.1) is 12.8 Å². The van der Waals surface area contributed by atoms with Crippen molar-refractivity contribution in [1.29, 1.82) is 0 Å². The Kier molecular flexibility index (Phi) is 4.16. The maximum Gasteiger partial charge on any atom is 0.433 e. The first-order valence-corrected chi connectivity index (χ1v) is 7.81. The van der Waals surface area contributed by atoms with Crippen molar-refractivity contribution in [2.24, 2.45) is 5.92 Å². The SMILES string of the molecule is Cc1nc(N2CCN(C(=O)C3CCC3)CC2)cc(C(F)(F)F)n1. The van der Waals surface area contributed by atoms with E-state index >= 15 is 0 Å². The number of amides is 1. The van der Waals surface area contributed by atoms with Crippen LogP contribution >= 0.6 is 0 Å². The lowest BCUT2D eigenvalue weighted by atomic mass is 9.84. The molecule has 3 rings (SSSR count). The van der Waals surface area contributed by atoms with Gasteiger partial charge in [0.2, 0.25) is 5.91 Å². The molecule has 0 aromatic carbocycles. The van der Waals surface area contributed by atoms with Crippen LogP contribution in [0.5, 0.6) is 0 Å². The van der Waals surface area contributed by atoms with Crippen LogP contribution in [0.15, 0.2) is 6.07 Å². The smallest absolute Gasteiger partial charge is 0.353 e. The molecule has 1 saturated carbocycles. The molecule has 2 heterocycles. The average molecular weight is 328 g/mol. The first kappa shape index (κ1) is 16.0. The average Bonchev–Trinajstić information content (AvgIpc) is 2.44. The fourth-order valence-corrected chi connectivity index (χ4v) is 2.93. The van der Waals surface area contributed by atoms with Crippen molar-refractivity contribution in [3.8, 4) is 0 Å². The highest BCUT2D eigenvalue weighted by molar-refractivity contribution is 5.79. The molecule has 23 heavy (non-hydrogen) atoms. The van der Waals surface area contributed by atoms with E-state index in [-0.39, 0.29) is 23.5 Å². The van der Waals surface area contributed by atoms with Crippen molar-refractivity contribution >= 4 is 11.7 Å². The molecular weight excluding hydrogens is 309 g/mol. The predicted octanol–water partition coefficient (Wildman–Crippen LogP) is 2.25. The van der Waals surface area contributed by atoms with Crippen molar-refractivity contribution in [3.05, 3.63) is 17.6 Å². The second kappa shape index (κ2) is 5.98. The largest absolute Gasteiger partial charge is 0.433 e. The molecule has 8 heteroatoms. The molecule has 1 aliphatic heterocycles. The van der Waals surface area contributed by atoms with Gasteiger partial charge in [-0.2, -0.15) is 13.2 Å². The summed E-state index contributed by atoms with van der Waals surface area (Å²) in [5, 5.41) is 0. The number of carbonyl (C=O) groups excluding carboxylic acids is 1. The number of hydrogen-bond donors (Lipinski definition) is 0. The minimum atomic E-state index is -4.48. The van der Waals surface area contributed by atoms with Gasteiger partial charge in [-0.3, -0.25) is 4.79 Å². The van der Waals surface area contributed by atoms with E-state index in [9.17, 15) is 18.0 Å². The van der Waals surface area contributed by atoms with Gasteiger partial charge in [0.15, 0.2) is 0 Å². The van der Waals surface area contributed by atoms with Crippen LogP contribution in [0.3, 0.4) is 0 Å². The van der Waals surface area contributed by atoms with Gasteiger partial charge in [-0.15, -0.1) is 0 Å². The summed E-state index contributed by atoms with van der Waals surface area (Å²) in [6, 6.07) is 0.983. The Balaban J connectivity index is 1.67. The van der Waals surface area contributed by atoms with Crippen molar-refractivity contribution in [2.75, 3.05) is 31.1 Å². The summed E-state index contributed by atoms with van der Waals surface area (Å²) in [7, 11) is 0. The molecule has 1 aliphatic carbocycles. The minimum Gasteiger partial charge on any atom is -0.353 e. The number of hydrogen-bond acceptors (Lipinski definition) is 4. The summed E-state index contributed by atoms with van der Waals surface area (Å²) in [5.41, 5.74) is -0.923. The van der Waals surface area contributed by atoms with E-state index in [4.69, 9.17) is 0 Å². The number of halogens is 3. The Morgan fingerprint density at radius 3 is 2.35 bits per heavy atom. The number of aryl methyl sites for hydroxylation is 1. The van der Waals surface area contributed by atoms with Crippen LogP contribution in [0.4, 0.5) is 19.0 Å². The molecule has 0 spiro atoms. The number of alkyl halides is 3. The molecule has 0 atom stereocenters. The monoisotopic (exact) mass is 328 g/mol. The summed E-state index contributed by atoms with van der Waals surface area (Å²) >= 11 is 0. The van der Waals surface area contributed by atoms with E-state index in [1.165, 1.54) is 6.92 Å². The number of piperazine rings is 1. The summed E-state index contributed by atoms with van der Waals surface area (Å²) in [4.78, 5) is 23.4. The third-order valence-corrected chi connectivity index (χ3v) is 4.48. The van der Waals surface area contributed by atoms with Crippen LogP contribution in [0.2, 0.25) is 0 Å². The Labute approximate surface area is 132 Å². The Morgan fingerprint density at radius 1 is 1.17 bits per heavy atom. The molecule has 0 N–H and O–H groups in total. The number of aromatic nitrogens is 2. The molecule has 1 saturated heterocycles. The number of carbonyl (C=O) groups is 1. The van der Waals surface area contributed by atoms with Gasteiger partial charge in [-0.05, 0) is 19.8 Å². The van der Waals surface area contributed by atoms with E-state index in [0.717, 1.165) is 25.3 Å². The molecule has 0 radical (unpaired) electrons. The summed E-state index contributed by atoms with van der Waals surface area (Å²) in [6.07, 6.45) is -1.46. The molecule has 0 unspecified atom stereocenters. The lowest BCUT2D eigenvalue weighted by Crippen LogP contribution is -2.51. The van der Waals surface area contributed by atoms with Crippen LogP contribution in [-0.2, 0) is 11.0 Å². The molecule has 2 fully saturated rings. The standard InChI is InChI=1S/C15H19F3N4O/c1-10-19-12(15(16,17)18)9-13(20-10)21-5-7-22(8-6-21)14(23)11-3-2-4-11/h9,11H,2-8H2,1H3. The molecular formula is C15H19F3N4O. The fourth-order valence-electron chi connectivity index (χ4n) is 2.93. The van der Waals surface area contributed by atoms with Gasteiger partial charge in [0.05, 0.1) is 0 Å². The highest BCUT2D eigenvalue weighted by atomic mass is 19.4. The Morgan fingerprint density at radius 2 is 1.83 bits per heavy atom. The van der Waals surface area contributed by atoms with Crippen LogP contribution in [0.1, 0.15) is 30.8 Å². The molecule has 1 amide bonds. The molecule has 5 nitrogen and oxygen atoms in total. The number of nitrogens with zero attached hydrogens (tertiary/aromatic N) is 4. The Hall–Kier alpha value is -1.86. The van der Waals surface area contributed by atoms with Crippen LogP contribution < -0.4 is 4.90 Å². The van der Waals surface area contributed by atoms with Gasteiger partial charge in [0.1, 0.15) is 17.3 Å². The lowest BCUT2D eigenvalue weighted by Gasteiger charge is -2.38. The molecule has 1 aromatic heterocycles. The third-order valence-electron chi connectivity index (χ3n) is 4.48. The predicted molar refractivity (Wildman–Crippen MR) is 77.9 cm³/mol. The van der Waals surface area contributed by atoms with E-state index in [1.807, 2.05) is 4.90 Å². The van der Waals surface area contributed by atoms with Crippen molar-refractivity contribution < 1.29 is 18.0 Å².